The zero-order valence-corrected chi connectivity index (χ0v) is 11.6. The van der Waals surface area contributed by atoms with Crippen LogP contribution in [0, 0.1) is 11.3 Å². The van der Waals surface area contributed by atoms with E-state index < -0.39 is 5.97 Å². The van der Waals surface area contributed by atoms with Crippen LogP contribution in [0.2, 0.25) is 5.02 Å². The first-order valence-corrected chi connectivity index (χ1v) is 6.51. The molecule has 0 atom stereocenters. The first-order chi connectivity index (χ1) is 9.56. The number of carbonyl (C=O) groups is 1. The molecule has 0 spiro atoms. The van der Waals surface area contributed by atoms with Gasteiger partial charge in [0, 0.05) is 0 Å². The van der Waals surface area contributed by atoms with Gasteiger partial charge in [0.2, 0.25) is 0 Å². The number of carboxylic acid groups (broad SMARTS) is 1. The fourth-order valence-corrected chi connectivity index (χ4v) is 2.23. The van der Waals surface area contributed by atoms with Crippen LogP contribution in [0.25, 0.3) is 11.1 Å². The number of nitriles is 1. The summed E-state index contributed by atoms with van der Waals surface area (Å²) in [4.78, 5) is 11.3. The van der Waals surface area contributed by atoms with Gasteiger partial charge in [0.05, 0.1) is 16.1 Å². The van der Waals surface area contributed by atoms with Gasteiger partial charge in [-0.25, -0.2) is 4.79 Å². The van der Waals surface area contributed by atoms with Crippen molar-refractivity contribution in [3.05, 3.63) is 58.1 Å². The van der Waals surface area contributed by atoms with Crippen molar-refractivity contribution in [2.75, 3.05) is 0 Å². The molecule has 3 nitrogen and oxygen atoms in total. The lowest BCUT2D eigenvalue weighted by molar-refractivity contribution is 0.0697. The van der Waals surface area contributed by atoms with Crippen LogP contribution in [0.5, 0.6) is 0 Å². The normalized spacial score (nSPS) is 10.1. The number of hydrogen-bond acceptors (Lipinski definition) is 2. The Bertz CT molecular complexity index is 717. The zero-order chi connectivity index (χ0) is 14.7. The number of nitrogens with zero attached hydrogens (tertiary/aromatic N) is 1. The van der Waals surface area contributed by atoms with E-state index >= 15 is 0 Å². The predicted molar refractivity (Wildman–Crippen MR) is 77.9 cm³/mol. The van der Waals surface area contributed by atoms with E-state index in [1.54, 1.807) is 30.3 Å². The molecule has 0 aliphatic rings. The minimum absolute atomic E-state index is 0.225. The second-order valence-electron chi connectivity index (χ2n) is 4.35. The zero-order valence-electron chi connectivity index (χ0n) is 10.9. The van der Waals surface area contributed by atoms with E-state index in [4.69, 9.17) is 16.9 Å². The van der Waals surface area contributed by atoms with Crippen molar-refractivity contribution in [3.8, 4) is 17.2 Å². The van der Waals surface area contributed by atoms with Crippen molar-refractivity contribution < 1.29 is 9.90 Å². The molecule has 100 valence electrons. The summed E-state index contributed by atoms with van der Waals surface area (Å²) in [5.41, 5.74) is 2.96. The Balaban J connectivity index is 2.64. The van der Waals surface area contributed by atoms with Crippen LogP contribution in [0.4, 0.5) is 0 Å². The fraction of sp³-hybridized carbons (Fsp3) is 0.125. The van der Waals surface area contributed by atoms with Gasteiger partial charge in [-0.3, -0.25) is 0 Å². The standard InChI is InChI=1S/C16H12ClNO2/c1-2-10-3-6-13(16(19)20)14(7-10)11-4-5-12(9-18)15(17)8-11/h3-8H,2H2,1H3,(H,19,20). The number of aryl methyl sites for hydroxylation is 1. The van der Waals surface area contributed by atoms with Crippen molar-refractivity contribution >= 4 is 17.6 Å². The monoisotopic (exact) mass is 285 g/mol. The largest absolute Gasteiger partial charge is 0.478 e. The Labute approximate surface area is 122 Å². The summed E-state index contributed by atoms with van der Waals surface area (Å²) < 4.78 is 0. The summed E-state index contributed by atoms with van der Waals surface area (Å²) in [5.74, 6) is -0.983. The van der Waals surface area contributed by atoms with Crippen LogP contribution in [0.1, 0.15) is 28.4 Å². The third-order valence-electron chi connectivity index (χ3n) is 3.12. The average Bonchev–Trinajstić information content (AvgIpc) is 2.46. The van der Waals surface area contributed by atoms with Gasteiger partial charge in [-0.1, -0.05) is 36.7 Å². The Hall–Kier alpha value is -2.31. The quantitative estimate of drug-likeness (QED) is 0.922. The molecule has 0 aliphatic carbocycles. The predicted octanol–water partition coefficient (Wildman–Crippen LogP) is 4.14. The summed E-state index contributed by atoms with van der Waals surface area (Å²) in [6, 6.07) is 12.2. The molecule has 0 saturated heterocycles. The highest BCUT2D eigenvalue weighted by Crippen LogP contribution is 2.29. The van der Waals surface area contributed by atoms with Gasteiger partial charge in [0.25, 0.3) is 0 Å². The Morgan fingerprint density at radius 1 is 1.30 bits per heavy atom. The SMILES string of the molecule is CCc1ccc(C(=O)O)c(-c2ccc(C#N)c(Cl)c2)c1. The number of rotatable bonds is 3. The smallest absolute Gasteiger partial charge is 0.336 e. The number of carboxylic acids is 1. The molecule has 0 aromatic heterocycles. The molecule has 2 aromatic carbocycles. The molecule has 1 N–H and O–H groups in total. The third-order valence-corrected chi connectivity index (χ3v) is 3.44. The van der Waals surface area contributed by atoms with E-state index in [0.717, 1.165) is 12.0 Å². The maximum atomic E-state index is 11.3. The van der Waals surface area contributed by atoms with E-state index in [2.05, 4.69) is 0 Å². The highest BCUT2D eigenvalue weighted by Gasteiger charge is 2.13. The third kappa shape index (κ3) is 2.66. The highest BCUT2D eigenvalue weighted by atomic mass is 35.5. The lowest BCUT2D eigenvalue weighted by Gasteiger charge is -2.09. The minimum atomic E-state index is -0.983. The molecule has 0 saturated carbocycles. The van der Waals surface area contributed by atoms with Gasteiger partial charge >= 0.3 is 5.97 Å². The molecule has 0 bridgehead atoms. The molecule has 0 heterocycles. The summed E-state index contributed by atoms with van der Waals surface area (Å²) >= 11 is 6.02. The number of aromatic carboxylic acids is 1. The maximum Gasteiger partial charge on any atom is 0.336 e. The summed E-state index contributed by atoms with van der Waals surface area (Å²) in [6.45, 7) is 2.01. The molecule has 4 heteroatoms. The van der Waals surface area contributed by atoms with Gasteiger partial charge in [-0.2, -0.15) is 5.26 Å². The molecule has 0 radical (unpaired) electrons. The van der Waals surface area contributed by atoms with Crippen LogP contribution in [0.15, 0.2) is 36.4 Å². The first kappa shape index (κ1) is 14.1. The van der Waals surface area contributed by atoms with E-state index in [-0.39, 0.29) is 5.56 Å². The lowest BCUT2D eigenvalue weighted by Crippen LogP contribution is -2.00. The second-order valence-corrected chi connectivity index (χ2v) is 4.75. The minimum Gasteiger partial charge on any atom is -0.478 e. The summed E-state index contributed by atoms with van der Waals surface area (Å²) in [6.07, 6.45) is 0.816. The number of halogens is 1. The number of hydrogen-bond donors (Lipinski definition) is 1. The summed E-state index contributed by atoms with van der Waals surface area (Å²) in [7, 11) is 0. The maximum absolute atomic E-state index is 11.3. The fourth-order valence-electron chi connectivity index (χ4n) is 2.01. The molecule has 0 unspecified atom stereocenters. The molecule has 0 fully saturated rings. The van der Waals surface area contributed by atoms with Crippen LogP contribution in [-0.2, 0) is 6.42 Å². The van der Waals surface area contributed by atoms with Gasteiger partial charge in [-0.15, -0.1) is 0 Å². The number of benzene rings is 2. The van der Waals surface area contributed by atoms with Crippen molar-refractivity contribution in [3.63, 3.8) is 0 Å². The lowest BCUT2D eigenvalue weighted by atomic mass is 9.96. The van der Waals surface area contributed by atoms with Gasteiger partial charge in [-0.05, 0) is 41.3 Å². The Morgan fingerprint density at radius 3 is 2.60 bits per heavy atom. The van der Waals surface area contributed by atoms with Gasteiger partial charge in [0.1, 0.15) is 6.07 Å². The Kier molecular flexibility index (Phi) is 4.07. The van der Waals surface area contributed by atoms with E-state index in [1.165, 1.54) is 0 Å². The summed E-state index contributed by atoms with van der Waals surface area (Å²) in [5, 5.41) is 18.5. The van der Waals surface area contributed by atoms with Crippen molar-refractivity contribution in [1.29, 1.82) is 5.26 Å². The van der Waals surface area contributed by atoms with E-state index in [9.17, 15) is 9.90 Å². The van der Waals surface area contributed by atoms with E-state index in [0.29, 0.717) is 21.7 Å². The van der Waals surface area contributed by atoms with Crippen LogP contribution >= 0.6 is 11.6 Å². The van der Waals surface area contributed by atoms with Crippen LogP contribution in [0.3, 0.4) is 0 Å². The molecule has 0 amide bonds. The second kappa shape index (κ2) is 5.77. The molecular formula is C16H12ClNO2. The highest BCUT2D eigenvalue weighted by molar-refractivity contribution is 6.32. The van der Waals surface area contributed by atoms with Crippen molar-refractivity contribution in [2.45, 2.75) is 13.3 Å². The Morgan fingerprint density at radius 2 is 2.05 bits per heavy atom. The first-order valence-electron chi connectivity index (χ1n) is 6.13. The molecule has 2 aromatic rings. The van der Waals surface area contributed by atoms with Gasteiger partial charge in [0.15, 0.2) is 0 Å². The van der Waals surface area contributed by atoms with E-state index in [1.807, 2.05) is 19.1 Å². The van der Waals surface area contributed by atoms with Crippen molar-refractivity contribution in [2.24, 2.45) is 0 Å². The molecule has 0 aliphatic heterocycles. The van der Waals surface area contributed by atoms with Crippen LogP contribution < -0.4 is 0 Å². The van der Waals surface area contributed by atoms with Crippen LogP contribution in [-0.4, -0.2) is 11.1 Å². The van der Waals surface area contributed by atoms with Crippen molar-refractivity contribution in [1.82, 2.24) is 0 Å². The molecule has 2 rings (SSSR count). The molecule has 20 heavy (non-hydrogen) atoms. The topological polar surface area (TPSA) is 61.1 Å². The van der Waals surface area contributed by atoms with Gasteiger partial charge < -0.3 is 5.11 Å². The average molecular weight is 286 g/mol. The molecular weight excluding hydrogens is 274 g/mol.